The van der Waals surface area contributed by atoms with Gasteiger partial charge in [0, 0.05) is 24.3 Å². The van der Waals surface area contributed by atoms with Crippen LogP contribution in [0.3, 0.4) is 0 Å². The number of anilines is 1. The lowest BCUT2D eigenvalue weighted by molar-refractivity contribution is 0.518. The summed E-state index contributed by atoms with van der Waals surface area (Å²) in [5, 5.41) is 3.57. The molecule has 1 aromatic carbocycles. The molecule has 0 unspecified atom stereocenters. The molecule has 0 bridgehead atoms. The molecular weight excluding hydrogens is 246 g/mol. The van der Waals surface area contributed by atoms with Crippen molar-refractivity contribution in [1.82, 2.24) is 9.55 Å². The first kappa shape index (κ1) is 13.2. The van der Waals surface area contributed by atoms with Crippen LogP contribution in [-0.2, 0) is 13.0 Å². The van der Waals surface area contributed by atoms with Crippen molar-refractivity contribution < 1.29 is 0 Å². The standard InChI is InChI=1S/C17H23N3/c1-13(2)8-10-20-12-18-11-16(20)15-7-3-5-14-6-4-9-19-17(14)15/h3,5,7,11-13,19H,4,6,8-10H2,1-2H3. The number of nitrogens with one attached hydrogen (secondary N) is 1. The predicted molar refractivity (Wildman–Crippen MR) is 83.9 cm³/mol. The van der Waals surface area contributed by atoms with E-state index in [1.54, 1.807) is 0 Å². The van der Waals surface area contributed by atoms with Gasteiger partial charge in [0.05, 0.1) is 18.2 Å². The molecule has 0 fully saturated rings. The molecule has 2 heterocycles. The summed E-state index contributed by atoms with van der Waals surface area (Å²) in [7, 11) is 0. The molecule has 3 heteroatoms. The summed E-state index contributed by atoms with van der Waals surface area (Å²) in [6.45, 7) is 6.64. The van der Waals surface area contributed by atoms with Gasteiger partial charge in [-0.15, -0.1) is 0 Å². The van der Waals surface area contributed by atoms with Crippen molar-refractivity contribution in [3.05, 3.63) is 36.3 Å². The normalized spacial score (nSPS) is 14.2. The molecule has 0 saturated carbocycles. The van der Waals surface area contributed by atoms with Gasteiger partial charge < -0.3 is 9.88 Å². The Hall–Kier alpha value is -1.77. The minimum atomic E-state index is 0.716. The zero-order chi connectivity index (χ0) is 13.9. The lowest BCUT2D eigenvalue weighted by atomic mass is 9.98. The first-order valence-electron chi connectivity index (χ1n) is 7.62. The molecule has 0 amide bonds. The van der Waals surface area contributed by atoms with E-state index < -0.39 is 0 Å². The maximum Gasteiger partial charge on any atom is 0.0950 e. The maximum absolute atomic E-state index is 4.36. The Kier molecular flexibility index (Phi) is 3.77. The SMILES string of the molecule is CC(C)CCn1cncc1-c1cccc2c1NCCC2. The van der Waals surface area contributed by atoms with Crippen molar-refractivity contribution >= 4 is 5.69 Å². The smallest absolute Gasteiger partial charge is 0.0950 e. The third-order valence-corrected chi connectivity index (χ3v) is 4.01. The number of benzene rings is 1. The van der Waals surface area contributed by atoms with Gasteiger partial charge in [-0.3, -0.25) is 0 Å². The van der Waals surface area contributed by atoms with Crippen LogP contribution in [0.5, 0.6) is 0 Å². The first-order chi connectivity index (χ1) is 9.75. The van der Waals surface area contributed by atoms with Crippen molar-refractivity contribution in [3.8, 4) is 11.3 Å². The lowest BCUT2D eigenvalue weighted by Crippen LogP contribution is -2.13. The van der Waals surface area contributed by atoms with Gasteiger partial charge in [0.1, 0.15) is 0 Å². The van der Waals surface area contributed by atoms with E-state index in [-0.39, 0.29) is 0 Å². The number of hydrogen-bond donors (Lipinski definition) is 1. The number of imidazole rings is 1. The van der Waals surface area contributed by atoms with Gasteiger partial charge in [-0.1, -0.05) is 32.0 Å². The molecule has 0 aliphatic carbocycles. The molecule has 0 saturated heterocycles. The zero-order valence-electron chi connectivity index (χ0n) is 12.4. The van der Waals surface area contributed by atoms with Crippen LogP contribution in [-0.4, -0.2) is 16.1 Å². The van der Waals surface area contributed by atoms with Crippen LogP contribution in [0.15, 0.2) is 30.7 Å². The molecular formula is C17H23N3. The monoisotopic (exact) mass is 269 g/mol. The van der Waals surface area contributed by atoms with Crippen molar-refractivity contribution in [1.29, 1.82) is 0 Å². The summed E-state index contributed by atoms with van der Waals surface area (Å²) < 4.78 is 2.28. The van der Waals surface area contributed by atoms with E-state index in [2.05, 4.69) is 46.9 Å². The van der Waals surface area contributed by atoms with Crippen molar-refractivity contribution in [2.24, 2.45) is 5.92 Å². The summed E-state index contributed by atoms with van der Waals surface area (Å²) >= 11 is 0. The third kappa shape index (κ3) is 2.58. The second-order valence-corrected chi connectivity index (χ2v) is 6.02. The van der Waals surface area contributed by atoms with Crippen LogP contribution in [0.2, 0.25) is 0 Å². The minimum Gasteiger partial charge on any atom is -0.384 e. The van der Waals surface area contributed by atoms with Crippen LogP contribution in [0.25, 0.3) is 11.3 Å². The van der Waals surface area contributed by atoms with E-state index in [4.69, 9.17) is 0 Å². The molecule has 2 aromatic rings. The number of hydrogen-bond acceptors (Lipinski definition) is 2. The number of nitrogens with zero attached hydrogens (tertiary/aromatic N) is 2. The van der Waals surface area contributed by atoms with Crippen LogP contribution in [0.1, 0.15) is 32.3 Å². The summed E-state index contributed by atoms with van der Waals surface area (Å²) in [6, 6.07) is 6.61. The highest BCUT2D eigenvalue weighted by molar-refractivity contribution is 5.78. The average molecular weight is 269 g/mol. The maximum atomic E-state index is 4.36. The van der Waals surface area contributed by atoms with Crippen molar-refractivity contribution in [2.45, 2.75) is 39.7 Å². The van der Waals surface area contributed by atoms with E-state index in [9.17, 15) is 0 Å². The second-order valence-electron chi connectivity index (χ2n) is 6.02. The van der Waals surface area contributed by atoms with Crippen LogP contribution < -0.4 is 5.32 Å². The molecule has 0 atom stereocenters. The quantitative estimate of drug-likeness (QED) is 0.910. The molecule has 0 spiro atoms. The number of rotatable bonds is 4. The first-order valence-corrected chi connectivity index (χ1v) is 7.62. The van der Waals surface area contributed by atoms with Crippen molar-refractivity contribution in [3.63, 3.8) is 0 Å². The average Bonchev–Trinajstić information content (AvgIpc) is 2.92. The predicted octanol–water partition coefficient (Wildman–Crippen LogP) is 3.95. The Morgan fingerprint density at radius 3 is 3.10 bits per heavy atom. The molecule has 1 N–H and O–H groups in total. The van der Waals surface area contributed by atoms with Gasteiger partial charge in [-0.05, 0) is 30.7 Å². The molecule has 0 radical (unpaired) electrons. The highest BCUT2D eigenvalue weighted by atomic mass is 15.0. The van der Waals surface area contributed by atoms with Crippen LogP contribution in [0.4, 0.5) is 5.69 Å². The van der Waals surface area contributed by atoms with E-state index in [0.717, 1.165) is 13.1 Å². The molecule has 3 rings (SSSR count). The lowest BCUT2D eigenvalue weighted by Gasteiger charge is -2.22. The van der Waals surface area contributed by atoms with Gasteiger partial charge >= 0.3 is 0 Å². The summed E-state index contributed by atoms with van der Waals surface area (Å²) in [5.41, 5.74) is 5.27. The van der Waals surface area contributed by atoms with Crippen molar-refractivity contribution in [2.75, 3.05) is 11.9 Å². The Labute approximate surface area is 121 Å². The highest BCUT2D eigenvalue weighted by Crippen LogP contribution is 2.33. The van der Waals surface area contributed by atoms with E-state index >= 15 is 0 Å². The van der Waals surface area contributed by atoms with Gasteiger partial charge in [0.15, 0.2) is 0 Å². The van der Waals surface area contributed by atoms with Gasteiger partial charge in [0.2, 0.25) is 0 Å². The topological polar surface area (TPSA) is 29.9 Å². The fourth-order valence-corrected chi connectivity index (χ4v) is 2.84. The molecule has 20 heavy (non-hydrogen) atoms. The van der Waals surface area contributed by atoms with E-state index in [1.807, 2.05) is 12.5 Å². The minimum absolute atomic E-state index is 0.716. The number of fused-ring (bicyclic) bond motifs is 1. The largest absolute Gasteiger partial charge is 0.384 e. The van der Waals surface area contributed by atoms with Gasteiger partial charge in [0.25, 0.3) is 0 Å². The molecule has 3 nitrogen and oxygen atoms in total. The molecule has 1 aliphatic rings. The van der Waals surface area contributed by atoms with E-state index in [1.165, 1.54) is 41.8 Å². The molecule has 106 valence electrons. The van der Waals surface area contributed by atoms with Crippen LogP contribution >= 0.6 is 0 Å². The zero-order valence-corrected chi connectivity index (χ0v) is 12.4. The molecule has 1 aromatic heterocycles. The van der Waals surface area contributed by atoms with Gasteiger partial charge in [-0.2, -0.15) is 0 Å². The molecule has 1 aliphatic heterocycles. The number of aromatic nitrogens is 2. The highest BCUT2D eigenvalue weighted by Gasteiger charge is 2.16. The fourth-order valence-electron chi connectivity index (χ4n) is 2.84. The Balaban J connectivity index is 1.95. The number of aryl methyl sites for hydroxylation is 2. The summed E-state index contributed by atoms with van der Waals surface area (Å²) in [6.07, 6.45) is 7.54. The summed E-state index contributed by atoms with van der Waals surface area (Å²) in [5.74, 6) is 0.716. The second kappa shape index (κ2) is 5.70. The Morgan fingerprint density at radius 1 is 1.35 bits per heavy atom. The Morgan fingerprint density at radius 2 is 2.25 bits per heavy atom. The Bertz CT molecular complexity index is 584. The summed E-state index contributed by atoms with van der Waals surface area (Å²) in [4.78, 5) is 4.36. The third-order valence-electron chi connectivity index (χ3n) is 4.01. The fraction of sp³-hybridized carbons (Fsp3) is 0.471. The van der Waals surface area contributed by atoms with E-state index in [0.29, 0.717) is 5.92 Å². The number of para-hydroxylation sites is 1. The van der Waals surface area contributed by atoms with Gasteiger partial charge in [-0.25, -0.2) is 4.98 Å². The van der Waals surface area contributed by atoms with Crippen LogP contribution in [0, 0.1) is 5.92 Å².